The molecule has 3 heteroatoms. The molecule has 0 unspecified atom stereocenters. The molecule has 2 aromatic rings. The third-order valence-electron chi connectivity index (χ3n) is 3.41. The number of rotatable bonds is 4. The van der Waals surface area contributed by atoms with Crippen LogP contribution in [0.2, 0.25) is 0 Å². The molecule has 0 spiro atoms. The Bertz CT molecular complexity index is 516. The summed E-state index contributed by atoms with van der Waals surface area (Å²) in [6.07, 6.45) is 2.97. The normalized spacial score (nSPS) is 11.5. The van der Waals surface area contributed by atoms with E-state index in [0.29, 0.717) is 5.75 Å². The number of nitrogens with zero attached hydrogens (tertiary/aromatic N) is 1. The lowest BCUT2D eigenvalue weighted by molar-refractivity contribution is 0.358. The first-order valence-corrected chi connectivity index (χ1v) is 6.10. The fourth-order valence-corrected chi connectivity index (χ4v) is 2.04. The summed E-state index contributed by atoms with van der Waals surface area (Å²) in [7, 11) is 2.11. The van der Waals surface area contributed by atoms with Gasteiger partial charge in [-0.2, -0.15) is 0 Å². The maximum atomic E-state index is 10.1. The minimum atomic E-state index is 0.415. The average Bonchev–Trinajstić information content (AvgIpc) is 2.74. The van der Waals surface area contributed by atoms with E-state index in [2.05, 4.69) is 23.9 Å². The zero-order valence-corrected chi connectivity index (χ0v) is 10.7. The van der Waals surface area contributed by atoms with Crippen molar-refractivity contribution in [1.82, 2.24) is 9.88 Å². The molecule has 17 heavy (non-hydrogen) atoms. The molecule has 0 radical (unpaired) electrons. The second kappa shape index (κ2) is 4.80. The lowest BCUT2D eigenvalue weighted by Gasteiger charge is -2.13. The van der Waals surface area contributed by atoms with Crippen LogP contribution >= 0.6 is 0 Å². The van der Waals surface area contributed by atoms with Crippen molar-refractivity contribution < 1.29 is 5.11 Å². The number of hydrogen-bond acceptors (Lipinski definition) is 2. The molecule has 2 rings (SSSR count). The van der Waals surface area contributed by atoms with E-state index in [0.717, 1.165) is 36.0 Å². The fraction of sp³-hybridized carbons (Fsp3) is 0.429. The predicted octanol–water partition coefficient (Wildman–Crippen LogP) is 2.68. The van der Waals surface area contributed by atoms with E-state index < -0.39 is 0 Å². The highest BCUT2D eigenvalue weighted by Crippen LogP contribution is 2.31. The Morgan fingerprint density at radius 1 is 1.35 bits per heavy atom. The smallest absolute Gasteiger partial charge is 0.128 e. The standard InChI is InChI=1S/C14H20N2O/c1-4-16(3)8-7-11-9-15-12-6-5-10(2)14(17)13(11)12/h5-6,9,15,17H,4,7-8H2,1-3H3. The summed E-state index contributed by atoms with van der Waals surface area (Å²) in [5.41, 5.74) is 3.14. The molecule has 0 fully saturated rings. The van der Waals surface area contributed by atoms with Gasteiger partial charge in [-0.05, 0) is 44.1 Å². The Hall–Kier alpha value is -1.48. The van der Waals surface area contributed by atoms with E-state index in [4.69, 9.17) is 0 Å². The van der Waals surface area contributed by atoms with Crippen molar-refractivity contribution in [3.63, 3.8) is 0 Å². The van der Waals surface area contributed by atoms with Crippen molar-refractivity contribution in [2.24, 2.45) is 0 Å². The van der Waals surface area contributed by atoms with Crippen LogP contribution in [0.1, 0.15) is 18.1 Å². The second-order valence-electron chi connectivity index (χ2n) is 4.61. The Morgan fingerprint density at radius 2 is 2.12 bits per heavy atom. The predicted molar refractivity (Wildman–Crippen MR) is 71.6 cm³/mol. The van der Waals surface area contributed by atoms with Gasteiger partial charge in [0.1, 0.15) is 5.75 Å². The summed E-state index contributed by atoms with van der Waals surface area (Å²) in [6, 6.07) is 3.97. The van der Waals surface area contributed by atoms with Gasteiger partial charge in [0, 0.05) is 23.6 Å². The zero-order valence-electron chi connectivity index (χ0n) is 10.7. The van der Waals surface area contributed by atoms with Crippen LogP contribution in [-0.4, -0.2) is 35.1 Å². The van der Waals surface area contributed by atoms with Gasteiger partial charge in [-0.25, -0.2) is 0 Å². The number of phenols is 1. The van der Waals surface area contributed by atoms with Crippen LogP contribution in [0.15, 0.2) is 18.3 Å². The highest BCUT2D eigenvalue weighted by atomic mass is 16.3. The first kappa shape index (κ1) is 12.0. The first-order valence-electron chi connectivity index (χ1n) is 6.10. The van der Waals surface area contributed by atoms with Crippen LogP contribution < -0.4 is 0 Å². The number of likely N-dealkylation sites (N-methyl/N-ethyl adjacent to an activating group) is 1. The van der Waals surface area contributed by atoms with Gasteiger partial charge in [-0.15, -0.1) is 0 Å². The summed E-state index contributed by atoms with van der Waals surface area (Å²) in [4.78, 5) is 5.49. The number of nitrogens with one attached hydrogen (secondary N) is 1. The lowest BCUT2D eigenvalue weighted by atomic mass is 10.1. The highest BCUT2D eigenvalue weighted by molar-refractivity contribution is 5.90. The summed E-state index contributed by atoms with van der Waals surface area (Å²) in [5.74, 6) is 0.415. The van der Waals surface area contributed by atoms with E-state index >= 15 is 0 Å². The van der Waals surface area contributed by atoms with Gasteiger partial charge in [-0.1, -0.05) is 13.0 Å². The molecule has 0 aliphatic heterocycles. The van der Waals surface area contributed by atoms with Crippen LogP contribution in [0.4, 0.5) is 0 Å². The number of H-pyrrole nitrogens is 1. The molecule has 0 saturated heterocycles. The molecule has 0 saturated carbocycles. The Morgan fingerprint density at radius 3 is 2.82 bits per heavy atom. The molecule has 0 aliphatic carbocycles. The second-order valence-corrected chi connectivity index (χ2v) is 4.61. The zero-order chi connectivity index (χ0) is 12.4. The van der Waals surface area contributed by atoms with Crippen LogP contribution in [0, 0.1) is 6.92 Å². The van der Waals surface area contributed by atoms with E-state index in [9.17, 15) is 5.11 Å². The number of hydrogen-bond donors (Lipinski definition) is 2. The van der Waals surface area contributed by atoms with Gasteiger partial charge in [0.05, 0.1) is 0 Å². The number of phenolic OH excluding ortho intramolecular Hbond substituents is 1. The van der Waals surface area contributed by atoms with Crippen LogP contribution in [0.5, 0.6) is 5.75 Å². The van der Waals surface area contributed by atoms with E-state index in [1.165, 1.54) is 5.56 Å². The van der Waals surface area contributed by atoms with Gasteiger partial charge in [-0.3, -0.25) is 0 Å². The molecule has 3 nitrogen and oxygen atoms in total. The summed E-state index contributed by atoms with van der Waals surface area (Å²) in [5, 5.41) is 11.1. The van der Waals surface area contributed by atoms with Crippen LogP contribution in [0.3, 0.4) is 0 Å². The Balaban J connectivity index is 2.32. The van der Waals surface area contributed by atoms with Crippen molar-refractivity contribution in [3.05, 3.63) is 29.5 Å². The summed E-state index contributed by atoms with van der Waals surface area (Å²) >= 11 is 0. The lowest BCUT2D eigenvalue weighted by Crippen LogP contribution is -2.20. The topological polar surface area (TPSA) is 39.3 Å². The van der Waals surface area contributed by atoms with E-state index in [-0.39, 0.29) is 0 Å². The Labute approximate surface area is 102 Å². The quantitative estimate of drug-likeness (QED) is 0.850. The Kier molecular flexibility index (Phi) is 3.38. The minimum Gasteiger partial charge on any atom is -0.507 e. The molecular formula is C14H20N2O. The SMILES string of the molecule is CCN(C)CCc1c[nH]c2ccc(C)c(O)c12. The van der Waals surface area contributed by atoms with Crippen molar-refractivity contribution in [3.8, 4) is 5.75 Å². The number of aryl methyl sites for hydroxylation is 1. The molecule has 0 aliphatic rings. The van der Waals surface area contributed by atoms with Crippen LogP contribution in [0.25, 0.3) is 10.9 Å². The fourth-order valence-electron chi connectivity index (χ4n) is 2.04. The van der Waals surface area contributed by atoms with Crippen molar-refractivity contribution in [2.45, 2.75) is 20.3 Å². The highest BCUT2D eigenvalue weighted by Gasteiger charge is 2.10. The largest absolute Gasteiger partial charge is 0.507 e. The molecule has 0 atom stereocenters. The maximum absolute atomic E-state index is 10.1. The van der Waals surface area contributed by atoms with Crippen molar-refractivity contribution >= 4 is 10.9 Å². The molecule has 0 bridgehead atoms. The molecule has 1 heterocycles. The van der Waals surface area contributed by atoms with Crippen molar-refractivity contribution in [1.29, 1.82) is 0 Å². The molecular weight excluding hydrogens is 212 g/mol. The third-order valence-corrected chi connectivity index (χ3v) is 3.41. The number of aromatic amines is 1. The van der Waals surface area contributed by atoms with Crippen LogP contribution in [-0.2, 0) is 6.42 Å². The molecule has 1 aromatic carbocycles. The molecule has 2 N–H and O–H groups in total. The number of aromatic nitrogens is 1. The van der Waals surface area contributed by atoms with Gasteiger partial charge >= 0.3 is 0 Å². The third kappa shape index (κ3) is 2.29. The van der Waals surface area contributed by atoms with Gasteiger partial charge in [0.2, 0.25) is 0 Å². The summed E-state index contributed by atoms with van der Waals surface area (Å²) < 4.78 is 0. The number of aromatic hydroxyl groups is 1. The average molecular weight is 232 g/mol. The van der Waals surface area contributed by atoms with Crippen molar-refractivity contribution in [2.75, 3.05) is 20.1 Å². The minimum absolute atomic E-state index is 0.415. The molecule has 1 aromatic heterocycles. The number of fused-ring (bicyclic) bond motifs is 1. The van der Waals surface area contributed by atoms with Gasteiger partial charge in [0.25, 0.3) is 0 Å². The van der Waals surface area contributed by atoms with E-state index in [1.807, 2.05) is 25.3 Å². The first-order chi connectivity index (χ1) is 8.13. The maximum Gasteiger partial charge on any atom is 0.128 e. The number of benzene rings is 1. The molecule has 0 amide bonds. The van der Waals surface area contributed by atoms with Gasteiger partial charge in [0.15, 0.2) is 0 Å². The monoisotopic (exact) mass is 232 g/mol. The van der Waals surface area contributed by atoms with E-state index in [1.54, 1.807) is 0 Å². The summed E-state index contributed by atoms with van der Waals surface area (Å²) in [6.45, 7) is 6.14. The molecule has 92 valence electrons. The van der Waals surface area contributed by atoms with Gasteiger partial charge < -0.3 is 15.0 Å².